The minimum absolute atomic E-state index is 0.0181. The van der Waals surface area contributed by atoms with Crippen LogP contribution in [-0.4, -0.2) is 31.2 Å². The van der Waals surface area contributed by atoms with Crippen molar-refractivity contribution in [2.24, 2.45) is 0 Å². The summed E-state index contributed by atoms with van der Waals surface area (Å²) in [5.74, 6) is -0.0181. The number of amides is 1. The Hall–Kier alpha value is -0.910. The molecule has 0 aromatic heterocycles. The number of hydrogen-bond acceptors (Lipinski definition) is 3. The molecule has 0 radical (unpaired) electrons. The second-order valence-corrected chi connectivity index (χ2v) is 5.61. The van der Waals surface area contributed by atoms with Gasteiger partial charge in [0.25, 0.3) is 0 Å². The Bertz CT molecular complexity index is 453. The molecule has 1 aromatic carbocycles. The van der Waals surface area contributed by atoms with Crippen molar-refractivity contribution in [3.8, 4) is 0 Å². The summed E-state index contributed by atoms with van der Waals surface area (Å²) in [4.78, 5) is 12.2. The third-order valence-corrected chi connectivity index (χ3v) is 4.05. The number of carbonyl (C=O) groups is 1. The number of morpholine rings is 1. The van der Waals surface area contributed by atoms with Crippen LogP contribution in [-0.2, 0) is 9.53 Å². The predicted molar refractivity (Wildman–Crippen MR) is 77.9 cm³/mol. The van der Waals surface area contributed by atoms with Gasteiger partial charge in [0, 0.05) is 11.0 Å². The molecule has 0 spiro atoms. The highest BCUT2D eigenvalue weighted by Gasteiger charge is 2.29. The molecule has 1 aromatic rings. The van der Waals surface area contributed by atoms with Gasteiger partial charge < -0.3 is 15.4 Å². The van der Waals surface area contributed by atoms with Gasteiger partial charge in [0.1, 0.15) is 6.04 Å². The molecule has 4 nitrogen and oxygen atoms in total. The van der Waals surface area contributed by atoms with Gasteiger partial charge in [-0.2, -0.15) is 0 Å². The zero-order valence-corrected chi connectivity index (χ0v) is 12.7. The minimum atomic E-state index is -0.279. The van der Waals surface area contributed by atoms with Crippen molar-refractivity contribution in [1.82, 2.24) is 10.6 Å². The lowest BCUT2D eigenvalue weighted by atomic mass is 10.1. The second kappa shape index (κ2) is 6.50. The Morgan fingerprint density at radius 1 is 1.53 bits per heavy atom. The first-order valence-corrected chi connectivity index (χ1v) is 7.28. The van der Waals surface area contributed by atoms with E-state index in [9.17, 15) is 4.79 Å². The zero-order chi connectivity index (χ0) is 13.8. The van der Waals surface area contributed by atoms with Gasteiger partial charge in [-0.15, -0.1) is 0 Å². The molecule has 1 fully saturated rings. The fourth-order valence-corrected chi connectivity index (χ4v) is 2.86. The summed E-state index contributed by atoms with van der Waals surface area (Å²) in [6.45, 7) is 5.27. The first-order chi connectivity index (χ1) is 9.09. The van der Waals surface area contributed by atoms with E-state index in [-0.39, 0.29) is 24.1 Å². The Balaban J connectivity index is 2.00. The Morgan fingerprint density at radius 2 is 2.26 bits per heavy atom. The van der Waals surface area contributed by atoms with Gasteiger partial charge in [0.15, 0.2) is 0 Å². The molecule has 2 N–H and O–H groups in total. The average Bonchev–Trinajstić information content (AvgIpc) is 2.39. The maximum Gasteiger partial charge on any atom is 0.240 e. The first kappa shape index (κ1) is 14.5. The van der Waals surface area contributed by atoms with Crippen molar-refractivity contribution in [3.63, 3.8) is 0 Å². The lowest BCUT2D eigenvalue weighted by Crippen LogP contribution is -2.55. The van der Waals surface area contributed by atoms with Crippen LogP contribution >= 0.6 is 15.9 Å². The average molecular weight is 327 g/mol. The molecule has 2 rings (SSSR count). The van der Waals surface area contributed by atoms with E-state index in [1.165, 1.54) is 0 Å². The molecule has 0 aliphatic carbocycles. The second-order valence-electron chi connectivity index (χ2n) is 4.76. The number of carbonyl (C=O) groups excluding carboxylic acids is 1. The van der Waals surface area contributed by atoms with Crippen molar-refractivity contribution >= 4 is 21.8 Å². The van der Waals surface area contributed by atoms with Gasteiger partial charge in [-0.3, -0.25) is 4.79 Å². The highest BCUT2D eigenvalue weighted by Crippen LogP contribution is 2.22. The summed E-state index contributed by atoms with van der Waals surface area (Å²) in [6.07, 6.45) is -0.0971. The molecule has 1 amide bonds. The third-order valence-electron chi connectivity index (χ3n) is 3.33. The van der Waals surface area contributed by atoms with Crippen molar-refractivity contribution < 1.29 is 9.53 Å². The summed E-state index contributed by atoms with van der Waals surface area (Å²) in [5, 5.41) is 6.22. The molecule has 19 heavy (non-hydrogen) atoms. The van der Waals surface area contributed by atoms with Gasteiger partial charge in [0.2, 0.25) is 5.91 Å². The summed E-state index contributed by atoms with van der Waals surface area (Å²) in [6, 6.07) is 7.58. The SMILES string of the molecule is CC(NC(=O)[C@H]1NCCO[C@@H]1C)c1ccccc1Br. The number of hydrogen-bond donors (Lipinski definition) is 2. The Labute approximate surface area is 122 Å². The van der Waals surface area contributed by atoms with E-state index >= 15 is 0 Å². The number of rotatable bonds is 3. The van der Waals surface area contributed by atoms with Crippen LogP contribution in [0, 0.1) is 0 Å². The van der Waals surface area contributed by atoms with E-state index in [2.05, 4.69) is 26.6 Å². The number of ether oxygens (including phenoxy) is 1. The molecular weight excluding hydrogens is 308 g/mol. The quantitative estimate of drug-likeness (QED) is 0.893. The van der Waals surface area contributed by atoms with Crippen LogP contribution in [0.1, 0.15) is 25.5 Å². The van der Waals surface area contributed by atoms with E-state index in [1.807, 2.05) is 38.1 Å². The molecule has 1 aliphatic heterocycles. The topological polar surface area (TPSA) is 50.4 Å². The standard InChI is InChI=1S/C14H19BrN2O2/c1-9(11-5-3-4-6-12(11)15)17-14(18)13-10(2)19-8-7-16-13/h3-6,9-10,13,16H,7-8H2,1-2H3,(H,17,18)/t9?,10-,13+/m1/s1. The highest BCUT2D eigenvalue weighted by molar-refractivity contribution is 9.10. The minimum Gasteiger partial charge on any atom is -0.375 e. The van der Waals surface area contributed by atoms with Gasteiger partial charge in [0.05, 0.1) is 18.8 Å². The van der Waals surface area contributed by atoms with Gasteiger partial charge >= 0.3 is 0 Å². The smallest absolute Gasteiger partial charge is 0.240 e. The van der Waals surface area contributed by atoms with Gasteiger partial charge in [-0.1, -0.05) is 34.1 Å². The van der Waals surface area contributed by atoms with Crippen LogP contribution in [0.15, 0.2) is 28.7 Å². The number of halogens is 1. The zero-order valence-electron chi connectivity index (χ0n) is 11.2. The van der Waals surface area contributed by atoms with Crippen molar-refractivity contribution in [2.75, 3.05) is 13.2 Å². The van der Waals surface area contributed by atoms with E-state index in [1.54, 1.807) is 0 Å². The van der Waals surface area contributed by atoms with Crippen LogP contribution in [0.2, 0.25) is 0 Å². The van der Waals surface area contributed by atoms with Crippen molar-refractivity contribution in [1.29, 1.82) is 0 Å². The van der Waals surface area contributed by atoms with Crippen LogP contribution in [0.3, 0.4) is 0 Å². The maximum atomic E-state index is 12.2. The van der Waals surface area contributed by atoms with E-state index in [0.717, 1.165) is 10.0 Å². The van der Waals surface area contributed by atoms with Gasteiger partial charge in [-0.05, 0) is 25.5 Å². The van der Waals surface area contributed by atoms with Crippen molar-refractivity contribution in [3.05, 3.63) is 34.3 Å². The number of benzene rings is 1. The fraction of sp³-hybridized carbons (Fsp3) is 0.500. The molecule has 104 valence electrons. The fourth-order valence-electron chi connectivity index (χ4n) is 2.23. The molecule has 0 saturated carbocycles. The maximum absolute atomic E-state index is 12.2. The molecule has 5 heteroatoms. The highest BCUT2D eigenvalue weighted by atomic mass is 79.9. The Morgan fingerprint density at radius 3 is 2.95 bits per heavy atom. The molecule has 1 aliphatic rings. The molecule has 3 atom stereocenters. The number of nitrogens with one attached hydrogen (secondary N) is 2. The summed E-state index contributed by atoms with van der Waals surface area (Å²) >= 11 is 3.50. The van der Waals surface area contributed by atoms with Gasteiger partial charge in [-0.25, -0.2) is 0 Å². The molecule has 1 unspecified atom stereocenters. The van der Waals surface area contributed by atoms with E-state index < -0.39 is 0 Å². The summed E-state index contributed by atoms with van der Waals surface area (Å²) < 4.78 is 6.49. The van der Waals surface area contributed by atoms with Crippen LogP contribution in [0.25, 0.3) is 0 Å². The molecular formula is C14H19BrN2O2. The van der Waals surface area contributed by atoms with E-state index in [0.29, 0.717) is 13.2 Å². The summed E-state index contributed by atoms with van der Waals surface area (Å²) in [5.41, 5.74) is 1.07. The third kappa shape index (κ3) is 3.55. The Kier molecular flexibility index (Phi) is 4.96. The molecule has 1 saturated heterocycles. The van der Waals surface area contributed by atoms with Crippen LogP contribution < -0.4 is 10.6 Å². The van der Waals surface area contributed by atoms with E-state index in [4.69, 9.17) is 4.74 Å². The lowest BCUT2D eigenvalue weighted by Gasteiger charge is -2.30. The normalized spacial score (nSPS) is 24.8. The monoisotopic (exact) mass is 326 g/mol. The molecule has 1 heterocycles. The van der Waals surface area contributed by atoms with Crippen LogP contribution in [0.4, 0.5) is 0 Å². The first-order valence-electron chi connectivity index (χ1n) is 6.49. The summed E-state index contributed by atoms with van der Waals surface area (Å²) in [7, 11) is 0. The largest absolute Gasteiger partial charge is 0.375 e. The molecule has 0 bridgehead atoms. The lowest BCUT2D eigenvalue weighted by molar-refractivity contribution is -0.129. The van der Waals surface area contributed by atoms with Crippen LogP contribution in [0.5, 0.6) is 0 Å². The predicted octanol–water partition coefficient (Wildman–Crippen LogP) is 2.00. The van der Waals surface area contributed by atoms with Crippen molar-refractivity contribution in [2.45, 2.75) is 32.0 Å².